The maximum atomic E-state index is 13.1. The molecule has 0 aliphatic heterocycles. The van der Waals surface area contributed by atoms with Crippen LogP contribution < -0.4 is 16.2 Å². The van der Waals surface area contributed by atoms with E-state index in [0.717, 1.165) is 22.3 Å². The Morgan fingerprint density at radius 3 is 2.19 bits per heavy atom. The smallest absolute Gasteiger partial charge is 0.287 e. The average molecular weight is 687 g/mol. The van der Waals surface area contributed by atoms with Gasteiger partial charge in [0.1, 0.15) is 11.9 Å². The van der Waals surface area contributed by atoms with E-state index in [1.165, 1.54) is 0 Å². The monoisotopic (exact) mass is 686 g/mol. The SMILES string of the molecule is N#CC1C=Cc2nc(C(=O)NCc3cccc(NC(=O)CCc4ncn(C(c5ccccc5)(c5ccccc5)c5ccccc5)n4)c3)[nH]c(=O)c2C1. The first-order valence-corrected chi connectivity index (χ1v) is 16.9. The van der Waals surface area contributed by atoms with Crippen molar-refractivity contribution in [1.82, 2.24) is 30.0 Å². The van der Waals surface area contributed by atoms with Crippen LogP contribution in [-0.4, -0.2) is 36.5 Å². The minimum absolute atomic E-state index is 0.113. The lowest BCUT2D eigenvalue weighted by Crippen LogP contribution is -2.38. The van der Waals surface area contributed by atoms with Crippen LogP contribution in [0.25, 0.3) is 6.08 Å². The molecule has 0 spiro atoms. The van der Waals surface area contributed by atoms with Crippen LogP contribution >= 0.6 is 0 Å². The van der Waals surface area contributed by atoms with Gasteiger partial charge in [0.2, 0.25) is 5.91 Å². The highest BCUT2D eigenvalue weighted by Crippen LogP contribution is 2.40. The van der Waals surface area contributed by atoms with Gasteiger partial charge in [-0.05, 0) is 46.9 Å². The number of hydrogen-bond acceptors (Lipinski definition) is 7. The molecule has 0 bridgehead atoms. The molecule has 256 valence electrons. The number of carbonyl (C=O) groups is 2. The largest absolute Gasteiger partial charge is 0.345 e. The highest BCUT2D eigenvalue weighted by Gasteiger charge is 2.39. The molecule has 2 heterocycles. The van der Waals surface area contributed by atoms with Gasteiger partial charge in [0.05, 0.1) is 17.7 Å². The molecule has 11 heteroatoms. The Morgan fingerprint density at radius 2 is 1.56 bits per heavy atom. The second-order valence-electron chi connectivity index (χ2n) is 12.4. The summed E-state index contributed by atoms with van der Waals surface area (Å²) in [6.07, 6.45) is 5.73. The summed E-state index contributed by atoms with van der Waals surface area (Å²) in [5, 5.41) is 19.8. The summed E-state index contributed by atoms with van der Waals surface area (Å²) in [6.45, 7) is 0.142. The quantitative estimate of drug-likeness (QED) is 0.154. The van der Waals surface area contributed by atoms with Crippen LogP contribution in [-0.2, 0) is 29.7 Å². The number of nitrogens with zero attached hydrogens (tertiary/aromatic N) is 5. The molecule has 4 aromatic carbocycles. The standard InChI is InChI=1S/C41H34N8O3/c42-25-28-19-20-35-34(24-28)39(51)47-38(46-35)40(52)43-26-29-11-10-18-33(23-29)45-37(50)22-21-36-44-27-49(48-36)41(30-12-4-1-5-13-30,31-14-6-2-7-15-31)32-16-8-3-9-17-32/h1-20,23,27-28H,21-22,24,26H2,(H,43,52)(H,45,50)(H,46,47,51). The van der Waals surface area contributed by atoms with E-state index >= 15 is 0 Å². The second-order valence-corrected chi connectivity index (χ2v) is 12.4. The number of benzene rings is 4. The number of hydrogen-bond donors (Lipinski definition) is 3. The van der Waals surface area contributed by atoms with Gasteiger partial charge in [-0.15, -0.1) is 0 Å². The predicted octanol–water partition coefficient (Wildman–Crippen LogP) is 5.41. The Balaban J connectivity index is 1.02. The van der Waals surface area contributed by atoms with Crippen molar-refractivity contribution in [3.63, 3.8) is 0 Å². The lowest BCUT2D eigenvalue weighted by molar-refractivity contribution is -0.116. The Kier molecular flexibility index (Phi) is 9.62. The third kappa shape index (κ3) is 6.90. The van der Waals surface area contributed by atoms with Crippen LogP contribution in [0.15, 0.2) is 132 Å². The fourth-order valence-corrected chi connectivity index (χ4v) is 6.52. The van der Waals surface area contributed by atoms with E-state index in [-0.39, 0.29) is 31.1 Å². The molecule has 2 amide bonds. The number of fused-ring (bicyclic) bond motifs is 1. The first-order valence-electron chi connectivity index (χ1n) is 16.9. The summed E-state index contributed by atoms with van der Waals surface area (Å²) < 4.78 is 1.88. The van der Waals surface area contributed by atoms with E-state index < -0.39 is 22.9 Å². The number of aromatic amines is 1. The molecule has 0 saturated carbocycles. The fraction of sp³-hybridized carbons (Fsp3) is 0.146. The molecule has 2 aromatic heterocycles. The van der Waals surface area contributed by atoms with Gasteiger partial charge in [-0.3, -0.25) is 14.4 Å². The minimum Gasteiger partial charge on any atom is -0.345 e. The molecule has 1 unspecified atom stereocenters. The van der Waals surface area contributed by atoms with Crippen molar-refractivity contribution in [2.45, 2.75) is 31.3 Å². The molecule has 3 N–H and O–H groups in total. The summed E-state index contributed by atoms with van der Waals surface area (Å²) >= 11 is 0. The van der Waals surface area contributed by atoms with Crippen molar-refractivity contribution in [3.8, 4) is 6.07 Å². The van der Waals surface area contributed by atoms with Gasteiger partial charge in [0, 0.05) is 30.6 Å². The van der Waals surface area contributed by atoms with Crippen molar-refractivity contribution in [1.29, 1.82) is 5.26 Å². The predicted molar refractivity (Wildman–Crippen MR) is 196 cm³/mol. The van der Waals surface area contributed by atoms with Crippen LogP contribution in [0.1, 0.15) is 56.4 Å². The number of rotatable bonds is 11. The molecule has 1 aliphatic rings. The highest BCUT2D eigenvalue weighted by molar-refractivity contribution is 5.91. The molecule has 6 aromatic rings. The second kappa shape index (κ2) is 14.9. The average Bonchev–Trinajstić information content (AvgIpc) is 3.67. The molecule has 1 aliphatic carbocycles. The number of aromatic nitrogens is 5. The summed E-state index contributed by atoms with van der Waals surface area (Å²) in [6, 6.07) is 39.8. The van der Waals surface area contributed by atoms with E-state index in [1.54, 1.807) is 36.7 Å². The van der Waals surface area contributed by atoms with Crippen molar-refractivity contribution in [3.05, 3.63) is 183 Å². The maximum absolute atomic E-state index is 13.1. The molecule has 0 radical (unpaired) electrons. The minimum atomic E-state index is -0.795. The number of carbonyl (C=O) groups excluding carboxylic acids is 2. The van der Waals surface area contributed by atoms with Crippen LogP contribution in [0.3, 0.4) is 0 Å². The summed E-state index contributed by atoms with van der Waals surface area (Å²) in [4.78, 5) is 50.0. The van der Waals surface area contributed by atoms with Crippen molar-refractivity contribution in [2.24, 2.45) is 5.92 Å². The number of anilines is 1. The molecule has 0 saturated heterocycles. The van der Waals surface area contributed by atoms with Crippen LogP contribution in [0.4, 0.5) is 5.69 Å². The fourth-order valence-electron chi connectivity index (χ4n) is 6.52. The number of amides is 2. The Hall–Kier alpha value is -6.93. The number of H-pyrrole nitrogens is 1. The number of nitriles is 1. The topological polar surface area (TPSA) is 158 Å². The molecule has 0 fully saturated rings. The Bertz CT molecular complexity index is 2250. The zero-order chi connectivity index (χ0) is 35.9. The third-order valence-electron chi connectivity index (χ3n) is 9.04. The highest BCUT2D eigenvalue weighted by atomic mass is 16.2. The lowest BCUT2D eigenvalue weighted by atomic mass is 9.77. The maximum Gasteiger partial charge on any atom is 0.287 e. The van der Waals surface area contributed by atoms with Crippen LogP contribution in [0, 0.1) is 17.2 Å². The molecular weight excluding hydrogens is 653 g/mol. The van der Waals surface area contributed by atoms with Gasteiger partial charge in [-0.25, -0.2) is 14.6 Å². The summed E-state index contributed by atoms with van der Waals surface area (Å²) in [5.74, 6) is -0.734. The van der Waals surface area contributed by atoms with E-state index in [2.05, 4.69) is 68.1 Å². The first kappa shape index (κ1) is 33.6. The van der Waals surface area contributed by atoms with E-state index in [1.807, 2.05) is 65.3 Å². The molecule has 1 atom stereocenters. The molecule has 7 rings (SSSR count). The number of nitrogens with one attached hydrogen (secondary N) is 3. The number of aryl methyl sites for hydroxylation is 1. The van der Waals surface area contributed by atoms with Crippen molar-refractivity contribution < 1.29 is 9.59 Å². The van der Waals surface area contributed by atoms with E-state index in [0.29, 0.717) is 29.2 Å². The van der Waals surface area contributed by atoms with Gasteiger partial charge in [-0.2, -0.15) is 10.4 Å². The zero-order valence-electron chi connectivity index (χ0n) is 28.1. The zero-order valence-corrected chi connectivity index (χ0v) is 28.1. The number of allylic oxidation sites excluding steroid dienone is 1. The van der Waals surface area contributed by atoms with Gasteiger partial charge in [0.25, 0.3) is 11.5 Å². The van der Waals surface area contributed by atoms with Gasteiger partial charge < -0.3 is 15.6 Å². The van der Waals surface area contributed by atoms with Gasteiger partial charge in [-0.1, -0.05) is 109 Å². The first-order chi connectivity index (χ1) is 25.4. The summed E-state index contributed by atoms with van der Waals surface area (Å²) in [7, 11) is 0. The summed E-state index contributed by atoms with van der Waals surface area (Å²) in [5.41, 5.74) is 3.93. The normalized spacial score (nSPS) is 13.5. The lowest BCUT2D eigenvalue weighted by Gasteiger charge is -2.35. The van der Waals surface area contributed by atoms with Crippen LogP contribution in [0.5, 0.6) is 0 Å². The van der Waals surface area contributed by atoms with Gasteiger partial charge in [0.15, 0.2) is 11.6 Å². The molecule has 11 nitrogen and oxygen atoms in total. The third-order valence-corrected chi connectivity index (χ3v) is 9.04. The van der Waals surface area contributed by atoms with E-state index in [9.17, 15) is 14.4 Å². The van der Waals surface area contributed by atoms with E-state index in [4.69, 9.17) is 10.4 Å². The van der Waals surface area contributed by atoms with Gasteiger partial charge >= 0.3 is 0 Å². The van der Waals surface area contributed by atoms with Crippen LogP contribution in [0.2, 0.25) is 0 Å². The Morgan fingerprint density at radius 1 is 0.904 bits per heavy atom. The molecule has 52 heavy (non-hydrogen) atoms. The van der Waals surface area contributed by atoms with Crippen molar-refractivity contribution >= 4 is 23.6 Å². The Labute approximate surface area is 299 Å². The molecular formula is C41H34N8O3. The van der Waals surface area contributed by atoms with Crippen molar-refractivity contribution in [2.75, 3.05) is 5.32 Å².